The van der Waals surface area contributed by atoms with E-state index in [2.05, 4.69) is 20.8 Å². The molecule has 2 saturated carbocycles. The van der Waals surface area contributed by atoms with Gasteiger partial charge < -0.3 is 32.9 Å². The van der Waals surface area contributed by atoms with Crippen molar-refractivity contribution in [1.29, 1.82) is 0 Å². The molecule has 4 heterocycles. The number of cyclic esters (lactones) is 1. The summed E-state index contributed by atoms with van der Waals surface area (Å²) in [6.45, 7) is 10.4. The van der Waals surface area contributed by atoms with E-state index in [0.29, 0.717) is 25.0 Å². The molecule has 3 saturated heterocycles. The molecule has 0 bridgehead atoms. The number of epoxide rings is 3. The van der Waals surface area contributed by atoms with Crippen molar-refractivity contribution < 1.29 is 56.1 Å². The summed E-state index contributed by atoms with van der Waals surface area (Å²) in [5, 5.41) is 0. The van der Waals surface area contributed by atoms with Gasteiger partial charge in [-0.2, -0.15) is 0 Å². The van der Waals surface area contributed by atoms with E-state index in [1.54, 1.807) is 38.1 Å². The van der Waals surface area contributed by atoms with Gasteiger partial charge in [0, 0.05) is 17.1 Å². The smallest absolute Gasteiger partial charge is 0.493 e. The Morgan fingerprint density at radius 1 is 1.11 bits per heavy atom. The Hall–Kier alpha value is -2.73. The lowest BCUT2D eigenvalue weighted by atomic mass is 9.46. The number of carbonyl (C=O) groups is 2. The number of phosphoric ester groups is 1. The van der Waals surface area contributed by atoms with E-state index < -0.39 is 36.7 Å². The van der Waals surface area contributed by atoms with Crippen molar-refractivity contribution in [1.82, 2.24) is 0 Å². The predicted octanol–water partition coefficient (Wildman–Crippen LogP) is 4.94. The zero-order valence-electron chi connectivity index (χ0n) is 27.4. The standard InChI is InChI=1S/C34H41O12P/c1-7-40-47(37,41-8-2)46-23-11-9-19(15-24(23)38-6)10-12-26(35)42-30-32(18(3)4)27(44-32)28-34(45-28)31(5)14-13-20-21(17-39-29(20)36)22(31)16-25-33(30,34)43-25/h9-12,15,18,22,25,27-28,30H,7-8,13-14,16-17H2,1-6H3/b12-10+/t22-,25-,27-,28-,30+,31-,32-,33+,34+/m0/s1. The van der Waals surface area contributed by atoms with Gasteiger partial charge in [0.05, 0.1) is 26.4 Å². The van der Waals surface area contributed by atoms with Gasteiger partial charge in [-0.25, -0.2) is 14.2 Å². The second kappa shape index (κ2) is 10.4. The first-order valence-corrected chi connectivity index (χ1v) is 18.0. The largest absolute Gasteiger partial charge is 0.530 e. The summed E-state index contributed by atoms with van der Waals surface area (Å²) in [6, 6.07) is 4.93. The highest BCUT2D eigenvalue weighted by Crippen LogP contribution is 2.83. The second-order valence-electron chi connectivity index (χ2n) is 13.9. The van der Waals surface area contributed by atoms with Gasteiger partial charge in [0.1, 0.15) is 30.0 Å². The number of ether oxygens (including phenoxy) is 6. The van der Waals surface area contributed by atoms with Crippen molar-refractivity contribution in [2.45, 2.75) is 95.1 Å². The van der Waals surface area contributed by atoms with Crippen LogP contribution in [-0.4, -0.2) is 80.1 Å². The molecule has 0 N–H and O–H groups in total. The van der Waals surface area contributed by atoms with Gasteiger partial charge in [0.15, 0.2) is 23.2 Å². The summed E-state index contributed by atoms with van der Waals surface area (Å²) in [7, 11) is -2.37. The maximum atomic E-state index is 13.6. The fourth-order valence-electron chi connectivity index (χ4n) is 9.55. The average Bonchev–Trinajstić information content (AvgIpc) is 3.95. The van der Waals surface area contributed by atoms with Crippen LogP contribution in [0.25, 0.3) is 6.08 Å². The molecule has 0 aromatic heterocycles. The maximum absolute atomic E-state index is 13.6. The molecular weight excluding hydrogens is 631 g/mol. The molecule has 0 radical (unpaired) electrons. The molecule has 0 amide bonds. The van der Waals surface area contributed by atoms with Crippen LogP contribution in [0.4, 0.5) is 0 Å². The minimum Gasteiger partial charge on any atom is -0.493 e. The molecule has 13 heteroatoms. The number of fused-ring (bicyclic) bond motifs is 4. The van der Waals surface area contributed by atoms with Crippen molar-refractivity contribution >= 4 is 25.8 Å². The van der Waals surface area contributed by atoms with E-state index >= 15 is 0 Å². The lowest BCUT2D eigenvalue weighted by molar-refractivity contribution is -0.163. The zero-order valence-corrected chi connectivity index (χ0v) is 28.3. The molecule has 4 aliphatic heterocycles. The van der Waals surface area contributed by atoms with Gasteiger partial charge in [0.25, 0.3) is 0 Å². The van der Waals surface area contributed by atoms with Crippen LogP contribution in [0, 0.1) is 17.3 Å². The van der Waals surface area contributed by atoms with Crippen LogP contribution in [0.3, 0.4) is 0 Å². The van der Waals surface area contributed by atoms with Crippen LogP contribution >= 0.6 is 7.82 Å². The van der Waals surface area contributed by atoms with Crippen molar-refractivity contribution in [3.63, 3.8) is 0 Å². The second-order valence-corrected chi connectivity index (χ2v) is 15.5. The normalized spacial score (nSPS) is 40.4. The van der Waals surface area contributed by atoms with Crippen LogP contribution in [-0.2, 0) is 46.9 Å². The first-order valence-electron chi connectivity index (χ1n) is 16.5. The number of hydrogen-bond acceptors (Lipinski definition) is 12. The molecule has 1 aromatic rings. The van der Waals surface area contributed by atoms with Gasteiger partial charge in [-0.1, -0.05) is 26.8 Å². The van der Waals surface area contributed by atoms with E-state index in [-0.39, 0.29) is 66.2 Å². The molecule has 5 fully saturated rings. The van der Waals surface area contributed by atoms with Crippen molar-refractivity contribution in [2.75, 3.05) is 26.9 Å². The first kappa shape index (κ1) is 31.5. The fourth-order valence-corrected chi connectivity index (χ4v) is 10.8. The Kier molecular flexibility index (Phi) is 6.97. The molecule has 7 aliphatic rings. The topological polar surface area (TPSA) is 144 Å². The summed E-state index contributed by atoms with van der Waals surface area (Å²) < 4.78 is 66.3. The molecule has 3 aliphatic carbocycles. The summed E-state index contributed by atoms with van der Waals surface area (Å²) in [5.74, 6) is -0.138. The molecule has 0 unspecified atom stereocenters. The van der Waals surface area contributed by atoms with Crippen molar-refractivity contribution in [2.24, 2.45) is 17.3 Å². The summed E-state index contributed by atoms with van der Waals surface area (Å²) in [5.41, 5.74) is -0.0385. The Morgan fingerprint density at radius 3 is 2.57 bits per heavy atom. The average molecular weight is 673 g/mol. The number of hydrogen-bond donors (Lipinski definition) is 0. The van der Waals surface area contributed by atoms with Gasteiger partial charge >= 0.3 is 19.8 Å². The molecule has 254 valence electrons. The van der Waals surface area contributed by atoms with Crippen LogP contribution < -0.4 is 9.26 Å². The molecule has 47 heavy (non-hydrogen) atoms. The Balaban J connectivity index is 1.06. The molecular formula is C34H41O12P. The van der Waals surface area contributed by atoms with E-state index in [1.165, 1.54) is 13.2 Å². The van der Waals surface area contributed by atoms with Crippen LogP contribution in [0.15, 0.2) is 35.4 Å². The molecule has 8 rings (SSSR count). The Labute approximate surface area is 273 Å². The fraction of sp³-hybridized carbons (Fsp3) is 0.647. The molecule has 1 aromatic carbocycles. The van der Waals surface area contributed by atoms with Gasteiger partial charge in [-0.3, -0.25) is 9.05 Å². The molecule has 9 atom stereocenters. The maximum Gasteiger partial charge on any atom is 0.530 e. The van der Waals surface area contributed by atoms with E-state index in [9.17, 15) is 14.2 Å². The number of methoxy groups -OCH3 is 1. The third-order valence-electron chi connectivity index (χ3n) is 11.7. The lowest BCUT2D eigenvalue weighted by Gasteiger charge is -2.53. The zero-order chi connectivity index (χ0) is 33.1. The highest BCUT2D eigenvalue weighted by Gasteiger charge is 3.01. The number of benzene rings is 1. The molecule has 12 nitrogen and oxygen atoms in total. The highest BCUT2D eigenvalue weighted by molar-refractivity contribution is 7.48. The number of phosphoric acid groups is 1. The quantitative estimate of drug-likeness (QED) is 0.136. The van der Waals surface area contributed by atoms with E-state index in [4.69, 9.17) is 42.0 Å². The number of carbonyl (C=O) groups excluding carboxylic acids is 2. The number of rotatable bonds is 11. The number of esters is 2. The first-order chi connectivity index (χ1) is 22.4. The highest BCUT2D eigenvalue weighted by atomic mass is 31.2. The summed E-state index contributed by atoms with van der Waals surface area (Å²) in [6.07, 6.45) is 3.85. The minimum atomic E-state index is -3.83. The third-order valence-corrected chi connectivity index (χ3v) is 13.3. The lowest BCUT2D eigenvalue weighted by Crippen LogP contribution is -2.70. The van der Waals surface area contributed by atoms with Gasteiger partial charge in [-0.05, 0) is 74.3 Å². The van der Waals surface area contributed by atoms with E-state index in [0.717, 1.165) is 17.6 Å². The SMILES string of the molecule is CCOP(=O)(OCC)Oc1ccc(/C=C/C(=O)O[C@@H]2[C@@]3(C(C)C)O[C@H]3[C@@H]3O[C@]34[C@]23O[C@H]3C[C@H]2C3=C(CC[C@@]24C)C(=O)OC3)cc1OC. The summed E-state index contributed by atoms with van der Waals surface area (Å²) >= 11 is 0. The van der Waals surface area contributed by atoms with Crippen molar-refractivity contribution in [3.05, 3.63) is 41.0 Å². The predicted molar refractivity (Wildman–Crippen MR) is 164 cm³/mol. The van der Waals surface area contributed by atoms with Crippen LogP contribution in [0.1, 0.15) is 59.4 Å². The molecule has 2 spiro atoms. The van der Waals surface area contributed by atoms with E-state index in [1.807, 2.05) is 0 Å². The Bertz CT molecular complexity index is 1640. The van der Waals surface area contributed by atoms with Crippen molar-refractivity contribution in [3.8, 4) is 11.5 Å². The summed E-state index contributed by atoms with van der Waals surface area (Å²) in [4.78, 5) is 26.1. The van der Waals surface area contributed by atoms with Gasteiger partial charge in [-0.15, -0.1) is 0 Å². The van der Waals surface area contributed by atoms with Gasteiger partial charge in [0.2, 0.25) is 0 Å². The van der Waals surface area contributed by atoms with Crippen LogP contribution in [0.2, 0.25) is 0 Å². The Morgan fingerprint density at radius 2 is 1.87 bits per heavy atom. The van der Waals surface area contributed by atoms with Crippen LogP contribution in [0.5, 0.6) is 11.5 Å². The third kappa shape index (κ3) is 4.09. The minimum absolute atomic E-state index is 0.0453. The monoisotopic (exact) mass is 672 g/mol.